The van der Waals surface area contributed by atoms with Gasteiger partial charge in [-0.05, 0) is 12.1 Å². The highest BCUT2D eigenvalue weighted by Crippen LogP contribution is 2.25. The van der Waals surface area contributed by atoms with E-state index in [2.05, 4.69) is 4.98 Å². The predicted octanol–water partition coefficient (Wildman–Crippen LogP) is 1.54. The summed E-state index contributed by atoms with van der Waals surface area (Å²) < 4.78 is 10.3. The first-order valence-corrected chi connectivity index (χ1v) is 4.36. The number of aromatic nitrogens is 1. The molecule has 0 bridgehead atoms. The monoisotopic (exact) mass is 206 g/mol. The number of nitrogen functional groups attached to an aromatic ring is 1. The zero-order valence-corrected chi connectivity index (χ0v) is 7.88. The molecule has 0 aliphatic rings. The van der Waals surface area contributed by atoms with E-state index in [1.165, 1.54) is 6.20 Å². The summed E-state index contributed by atoms with van der Waals surface area (Å²) in [7, 11) is 0. The van der Waals surface area contributed by atoms with E-state index in [0.29, 0.717) is 11.5 Å². The van der Waals surface area contributed by atoms with Crippen LogP contribution in [0.25, 0.3) is 0 Å². The van der Waals surface area contributed by atoms with Gasteiger partial charge < -0.3 is 20.0 Å². The molecule has 15 heavy (non-hydrogen) atoms. The van der Waals surface area contributed by atoms with E-state index in [-0.39, 0.29) is 18.4 Å². The van der Waals surface area contributed by atoms with Gasteiger partial charge in [-0.3, -0.25) is 0 Å². The molecule has 5 heteroatoms. The van der Waals surface area contributed by atoms with Gasteiger partial charge in [0.2, 0.25) is 0 Å². The van der Waals surface area contributed by atoms with Gasteiger partial charge in [0, 0.05) is 0 Å². The van der Waals surface area contributed by atoms with Crippen molar-refractivity contribution in [1.82, 2.24) is 4.98 Å². The van der Waals surface area contributed by atoms with Crippen LogP contribution in [0.2, 0.25) is 0 Å². The van der Waals surface area contributed by atoms with E-state index in [1.54, 1.807) is 24.3 Å². The van der Waals surface area contributed by atoms with E-state index in [0.717, 1.165) is 0 Å². The van der Waals surface area contributed by atoms with Crippen molar-refractivity contribution < 1.29 is 14.3 Å². The Morgan fingerprint density at radius 1 is 1.40 bits per heavy atom. The minimum atomic E-state index is 0.0880. The van der Waals surface area contributed by atoms with Crippen LogP contribution in [0.4, 0.5) is 6.01 Å². The number of phenols is 1. The molecule has 5 nitrogen and oxygen atoms in total. The van der Waals surface area contributed by atoms with E-state index >= 15 is 0 Å². The summed E-state index contributed by atoms with van der Waals surface area (Å²) in [6.07, 6.45) is 1.48. The third-order valence-electron chi connectivity index (χ3n) is 1.81. The van der Waals surface area contributed by atoms with Crippen molar-refractivity contribution in [1.29, 1.82) is 0 Å². The van der Waals surface area contributed by atoms with Crippen molar-refractivity contribution in [2.45, 2.75) is 6.61 Å². The molecule has 1 aromatic heterocycles. The maximum Gasteiger partial charge on any atom is 0.292 e. The largest absolute Gasteiger partial charge is 0.504 e. The Hall–Kier alpha value is -2.17. The summed E-state index contributed by atoms with van der Waals surface area (Å²) >= 11 is 0. The van der Waals surface area contributed by atoms with Crippen LogP contribution in [0, 0.1) is 0 Å². The number of aromatic hydroxyl groups is 1. The molecular formula is C10H10N2O3. The maximum absolute atomic E-state index is 9.40. The number of para-hydroxylation sites is 2. The lowest BCUT2D eigenvalue weighted by Gasteiger charge is -2.04. The average molecular weight is 206 g/mol. The van der Waals surface area contributed by atoms with Crippen LogP contribution in [0.15, 0.2) is 34.9 Å². The predicted molar refractivity (Wildman–Crippen MR) is 53.4 cm³/mol. The fourth-order valence-corrected chi connectivity index (χ4v) is 1.12. The molecule has 78 valence electrons. The van der Waals surface area contributed by atoms with Gasteiger partial charge in [-0.1, -0.05) is 12.1 Å². The number of hydrogen-bond acceptors (Lipinski definition) is 5. The molecule has 3 N–H and O–H groups in total. The lowest BCUT2D eigenvalue weighted by atomic mass is 10.3. The molecule has 2 rings (SSSR count). The lowest BCUT2D eigenvalue weighted by molar-refractivity contribution is 0.260. The minimum absolute atomic E-state index is 0.0880. The third kappa shape index (κ3) is 2.19. The van der Waals surface area contributed by atoms with Gasteiger partial charge in [0.05, 0.1) is 6.20 Å². The molecule has 2 aromatic rings. The number of hydrogen-bond donors (Lipinski definition) is 2. The van der Waals surface area contributed by atoms with Crippen LogP contribution in [-0.4, -0.2) is 10.1 Å². The highest BCUT2D eigenvalue weighted by Gasteiger charge is 2.04. The number of ether oxygens (including phenoxy) is 1. The molecule has 0 fully saturated rings. The van der Waals surface area contributed by atoms with Crippen molar-refractivity contribution in [2.75, 3.05) is 5.73 Å². The van der Waals surface area contributed by atoms with Gasteiger partial charge in [-0.15, -0.1) is 0 Å². The normalized spacial score (nSPS) is 10.1. The molecular weight excluding hydrogens is 196 g/mol. The molecule has 0 atom stereocenters. The van der Waals surface area contributed by atoms with Gasteiger partial charge in [-0.2, -0.15) is 0 Å². The first-order valence-electron chi connectivity index (χ1n) is 4.36. The quantitative estimate of drug-likeness (QED) is 0.796. The number of anilines is 1. The molecule has 0 amide bonds. The summed E-state index contributed by atoms with van der Waals surface area (Å²) in [4.78, 5) is 3.72. The van der Waals surface area contributed by atoms with Crippen molar-refractivity contribution in [3.8, 4) is 11.5 Å². The number of nitrogens with two attached hydrogens (primary N) is 1. The molecule has 0 aliphatic carbocycles. The van der Waals surface area contributed by atoms with Crippen molar-refractivity contribution in [3.63, 3.8) is 0 Å². The molecule has 0 aliphatic heterocycles. The summed E-state index contributed by atoms with van der Waals surface area (Å²) in [5.74, 6) is 0.994. The minimum Gasteiger partial charge on any atom is -0.504 e. The first kappa shape index (κ1) is 9.39. The second-order valence-electron chi connectivity index (χ2n) is 2.92. The number of benzene rings is 1. The van der Waals surface area contributed by atoms with Gasteiger partial charge in [0.1, 0.15) is 6.61 Å². The molecule has 0 radical (unpaired) electrons. The number of rotatable bonds is 3. The van der Waals surface area contributed by atoms with E-state index in [9.17, 15) is 5.11 Å². The molecule has 1 aromatic carbocycles. The summed E-state index contributed by atoms with van der Waals surface area (Å²) in [5.41, 5.74) is 5.29. The summed E-state index contributed by atoms with van der Waals surface area (Å²) in [6.45, 7) is 0.182. The Kier molecular flexibility index (Phi) is 2.45. The first-order chi connectivity index (χ1) is 7.25. The van der Waals surface area contributed by atoms with Crippen molar-refractivity contribution in [3.05, 3.63) is 36.2 Å². The van der Waals surface area contributed by atoms with Gasteiger partial charge in [-0.25, -0.2) is 4.98 Å². The fourth-order valence-electron chi connectivity index (χ4n) is 1.12. The average Bonchev–Trinajstić information content (AvgIpc) is 2.63. The van der Waals surface area contributed by atoms with E-state index < -0.39 is 0 Å². The Morgan fingerprint density at radius 2 is 2.20 bits per heavy atom. The van der Waals surface area contributed by atoms with Crippen molar-refractivity contribution >= 4 is 6.01 Å². The van der Waals surface area contributed by atoms with Gasteiger partial charge in [0.15, 0.2) is 17.3 Å². The smallest absolute Gasteiger partial charge is 0.292 e. The van der Waals surface area contributed by atoms with Gasteiger partial charge >= 0.3 is 0 Å². The maximum atomic E-state index is 9.40. The molecule has 1 heterocycles. The summed E-state index contributed by atoms with van der Waals surface area (Å²) in [5, 5.41) is 9.40. The Balaban J connectivity index is 2.02. The van der Waals surface area contributed by atoms with Crippen LogP contribution in [0.3, 0.4) is 0 Å². The van der Waals surface area contributed by atoms with Crippen molar-refractivity contribution in [2.24, 2.45) is 0 Å². The summed E-state index contributed by atoms with van der Waals surface area (Å²) in [6, 6.07) is 6.79. The molecule has 0 unspecified atom stereocenters. The van der Waals surface area contributed by atoms with Crippen LogP contribution < -0.4 is 10.5 Å². The number of nitrogens with zero attached hydrogens (tertiary/aromatic N) is 1. The van der Waals surface area contributed by atoms with E-state index in [1.807, 2.05) is 0 Å². The SMILES string of the molecule is Nc1ncc(COc2ccccc2O)o1. The van der Waals surface area contributed by atoms with Crippen LogP contribution >= 0.6 is 0 Å². The topological polar surface area (TPSA) is 81.5 Å². The fraction of sp³-hybridized carbons (Fsp3) is 0.100. The Labute approximate surface area is 86.1 Å². The highest BCUT2D eigenvalue weighted by molar-refractivity contribution is 5.37. The van der Waals surface area contributed by atoms with E-state index in [4.69, 9.17) is 14.9 Å². The lowest BCUT2D eigenvalue weighted by Crippen LogP contribution is -1.93. The third-order valence-corrected chi connectivity index (χ3v) is 1.81. The second-order valence-corrected chi connectivity index (χ2v) is 2.92. The molecule has 0 spiro atoms. The zero-order valence-electron chi connectivity index (χ0n) is 7.88. The molecule has 0 saturated heterocycles. The standard InChI is InChI=1S/C10H10N2O3/c11-10-12-5-7(15-10)6-14-9-4-2-1-3-8(9)13/h1-5,13H,6H2,(H2,11,12). The highest BCUT2D eigenvalue weighted by atomic mass is 16.5. The molecule has 0 saturated carbocycles. The second kappa shape index (κ2) is 3.91. The number of oxazole rings is 1. The van der Waals surface area contributed by atoms with Crippen LogP contribution in [0.1, 0.15) is 5.76 Å². The van der Waals surface area contributed by atoms with Crippen LogP contribution in [0.5, 0.6) is 11.5 Å². The van der Waals surface area contributed by atoms with Crippen LogP contribution in [-0.2, 0) is 6.61 Å². The van der Waals surface area contributed by atoms with Gasteiger partial charge in [0.25, 0.3) is 6.01 Å². The number of phenolic OH excluding ortho intramolecular Hbond substituents is 1. The Bertz CT molecular complexity index is 453. The zero-order chi connectivity index (χ0) is 10.7. The Morgan fingerprint density at radius 3 is 2.87 bits per heavy atom.